The van der Waals surface area contributed by atoms with E-state index in [0.29, 0.717) is 26.3 Å². The minimum atomic E-state index is -0.234. The Morgan fingerprint density at radius 2 is 1.89 bits per heavy atom. The summed E-state index contributed by atoms with van der Waals surface area (Å²) in [6, 6.07) is 3.82. The van der Waals surface area contributed by atoms with Crippen LogP contribution in [0.3, 0.4) is 0 Å². The molecule has 2 aromatic heterocycles. The van der Waals surface area contributed by atoms with Crippen LogP contribution in [0.5, 0.6) is 0 Å². The topological polar surface area (TPSA) is 97.2 Å². The Hall–Kier alpha value is -2.68. The number of nitrogens with one attached hydrogen (secondary N) is 2. The van der Waals surface area contributed by atoms with Gasteiger partial charge < -0.3 is 24.8 Å². The van der Waals surface area contributed by atoms with Gasteiger partial charge in [-0.1, -0.05) is 6.07 Å². The van der Waals surface area contributed by atoms with E-state index in [4.69, 9.17) is 4.74 Å². The molecule has 1 saturated heterocycles. The lowest BCUT2D eigenvalue weighted by atomic mass is 10.1. The molecule has 0 atom stereocenters. The molecule has 0 spiro atoms. The highest BCUT2D eigenvalue weighted by molar-refractivity contribution is 5.73. The van der Waals surface area contributed by atoms with Gasteiger partial charge in [0.1, 0.15) is 11.6 Å². The number of pyridine rings is 1. The maximum Gasteiger partial charge on any atom is 0.315 e. The van der Waals surface area contributed by atoms with Crippen LogP contribution in [0, 0.1) is 0 Å². The first kappa shape index (κ1) is 18.7. The van der Waals surface area contributed by atoms with Crippen LogP contribution >= 0.6 is 0 Å². The van der Waals surface area contributed by atoms with Crippen molar-refractivity contribution in [1.29, 1.82) is 0 Å². The lowest BCUT2D eigenvalue weighted by Crippen LogP contribution is -2.35. The van der Waals surface area contributed by atoms with Gasteiger partial charge in [-0.05, 0) is 30.9 Å². The second kappa shape index (κ2) is 9.01. The van der Waals surface area contributed by atoms with Crippen molar-refractivity contribution in [3.63, 3.8) is 0 Å². The number of rotatable bonds is 5. The minimum Gasteiger partial charge on any atom is -0.379 e. The van der Waals surface area contributed by atoms with E-state index in [2.05, 4.69) is 30.7 Å². The predicted molar refractivity (Wildman–Crippen MR) is 104 cm³/mol. The van der Waals surface area contributed by atoms with E-state index in [1.54, 1.807) is 0 Å². The molecule has 2 N–H and O–H groups in total. The van der Waals surface area contributed by atoms with Crippen molar-refractivity contribution in [2.24, 2.45) is 0 Å². The number of ether oxygens (including phenoxy) is 1. The van der Waals surface area contributed by atoms with E-state index < -0.39 is 0 Å². The number of urea groups is 1. The molecule has 9 nitrogen and oxygen atoms in total. The molecule has 0 bridgehead atoms. The van der Waals surface area contributed by atoms with Gasteiger partial charge in [0, 0.05) is 38.8 Å². The molecule has 2 aliphatic rings. The lowest BCUT2D eigenvalue weighted by molar-refractivity contribution is 0.139. The molecule has 2 amide bonds. The zero-order chi connectivity index (χ0) is 19.2. The van der Waals surface area contributed by atoms with Crippen molar-refractivity contribution in [2.45, 2.75) is 45.3 Å². The third kappa shape index (κ3) is 4.59. The van der Waals surface area contributed by atoms with Crippen molar-refractivity contribution in [2.75, 3.05) is 31.2 Å². The van der Waals surface area contributed by atoms with Gasteiger partial charge in [0.2, 0.25) is 0 Å². The molecule has 0 aliphatic carbocycles. The molecule has 0 aromatic carbocycles. The fourth-order valence-corrected chi connectivity index (χ4v) is 3.60. The van der Waals surface area contributed by atoms with E-state index >= 15 is 0 Å². The molecule has 28 heavy (non-hydrogen) atoms. The van der Waals surface area contributed by atoms with E-state index in [1.807, 2.05) is 22.9 Å². The number of anilines is 1. The van der Waals surface area contributed by atoms with Gasteiger partial charge in [0.15, 0.2) is 5.82 Å². The van der Waals surface area contributed by atoms with E-state index in [1.165, 1.54) is 19.3 Å². The molecule has 0 saturated carbocycles. The Labute approximate surface area is 164 Å². The molecular formula is C19H27N7O2. The van der Waals surface area contributed by atoms with Gasteiger partial charge in [-0.25, -0.2) is 9.78 Å². The molecule has 4 rings (SSSR count). The predicted octanol–water partition coefficient (Wildman–Crippen LogP) is 1.24. The number of aromatic nitrogens is 4. The molecule has 4 heterocycles. The molecule has 0 radical (unpaired) electrons. The normalized spacial score (nSPS) is 16.9. The summed E-state index contributed by atoms with van der Waals surface area (Å²) in [4.78, 5) is 19.0. The molecule has 150 valence electrons. The first-order chi connectivity index (χ1) is 13.8. The van der Waals surface area contributed by atoms with Crippen molar-refractivity contribution >= 4 is 11.8 Å². The molecule has 1 fully saturated rings. The van der Waals surface area contributed by atoms with Crippen molar-refractivity contribution < 1.29 is 9.53 Å². The van der Waals surface area contributed by atoms with Crippen LogP contribution in [0.1, 0.15) is 36.5 Å². The van der Waals surface area contributed by atoms with Gasteiger partial charge in [-0.2, -0.15) is 0 Å². The number of hydrogen-bond acceptors (Lipinski definition) is 6. The van der Waals surface area contributed by atoms with Crippen LogP contribution in [0.2, 0.25) is 0 Å². The summed E-state index contributed by atoms with van der Waals surface area (Å²) < 4.78 is 7.48. The average molecular weight is 385 g/mol. The largest absolute Gasteiger partial charge is 0.379 e. The second-order valence-corrected chi connectivity index (χ2v) is 7.16. The molecule has 2 aliphatic heterocycles. The Kier molecular flexibility index (Phi) is 6.01. The summed E-state index contributed by atoms with van der Waals surface area (Å²) in [5.74, 6) is 2.68. The van der Waals surface area contributed by atoms with Crippen LogP contribution in [-0.2, 0) is 30.8 Å². The van der Waals surface area contributed by atoms with Gasteiger partial charge >= 0.3 is 6.03 Å². The fourth-order valence-electron chi connectivity index (χ4n) is 3.60. The van der Waals surface area contributed by atoms with Gasteiger partial charge in [-0.3, -0.25) is 0 Å². The minimum absolute atomic E-state index is 0.234. The highest BCUT2D eigenvalue weighted by Crippen LogP contribution is 2.17. The Bertz CT molecular complexity index is 784. The second-order valence-electron chi connectivity index (χ2n) is 7.16. The number of amides is 2. The summed E-state index contributed by atoms with van der Waals surface area (Å²) in [7, 11) is 0. The van der Waals surface area contributed by atoms with Crippen molar-refractivity contribution in [3.8, 4) is 0 Å². The van der Waals surface area contributed by atoms with Crippen LogP contribution in [-0.4, -0.2) is 52.1 Å². The zero-order valence-corrected chi connectivity index (χ0v) is 16.1. The molecule has 2 aromatic rings. The quantitative estimate of drug-likeness (QED) is 0.804. The number of hydrogen-bond donors (Lipinski definition) is 2. The smallest absolute Gasteiger partial charge is 0.315 e. The van der Waals surface area contributed by atoms with E-state index in [-0.39, 0.29) is 6.03 Å². The average Bonchev–Trinajstić information content (AvgIpc) is 2.97. The standard InChI is InChI=1S/C19H27N7O2/c27-19(22-14-18-24-23-17-6-10-28-11-9-26(17)18)21-13-15-4-5-16(20-12-15)25-7-2-1-3-8-25/h4-5,12H,1-3,6-11,13-14H2,(H2,21,22,27). The maximum absolute atomic E-state index is 12.1. The summed E-state index contributed by atoms with van der Waals surface area (Å²) in [5.41, 5.74) is 0.976. The summed E-state index contributed by atoms with van der Waals surface area (Å²) in [6.07, 6.45) is 6.35. The lowest BCUT2D eigenvalue weighted by Gasteiger charge is -2.27. The molecule has 9 heteroatoms. The first-order valence-corrected chi connectivity index (χ1v) is 10.00. The van der Waals surface area contributed by atoms with E-state index in [0.717, 1.165) is 49.1 Å². The van der Waals surface area contributed by atoms with E-state index in [9.17, 15) is 4.79 Å². The van der Waals surface area contributed by atoms with Crippen molar-refractivity contribution in [3.05, 3.63) is 35.5 Å². The highest BCUT2D eigenvalue weighted by Gasteiger charge is 2.15. The summed E-state index contributed by atoms with van der Waals surface area (Å²) in [6.45, 7) is 4.95. The van der Waals surface area contributed by atoms with Crippen LogP contribution in [0.25, 0.3) is 0 Å². The number of piperidine rings is 1. The third-order valence-electron chi connectivity index (χ3n) is 5.18. The number of carbonyl (C=O) groups is 1. The number of nitrogens with zero attached hydrogens (tertiary/aromatic N) is 5. The fraction of sp³-hybridized carbons (Fsp3) is 0.579. The Balaban J connectivity index is 1.24. The first-order valence-electron chi connectivity index (χ1n) is 10.00. The van der Waals surface area contributed by atoms with Crippen LogP contribution in [0.15, 0.2) is 18.3 Å². The third-order valence-corrected chi connectivity index (χ3v) is 5.18. The SMILES string of the molecule is O=C(NCc1ccc(N2CCCCC2)nc1)NCc1nnc2n1CCOCC2. The maximum atomic E-state index is 12.1. The summed E-state index contributed by atoms with van der Waals surface area (Å²) in [5, 5.41) is 14.1. The Morgan fingerprint density at radius 1 is 1.04 bits per heavy atom. The molecular weight excluding hydrogens is 358 g/mol. The van der Waals surface area contributed by atoms with Gasteiger partial charge in [0.25, 0.3) is 0 Å². The number of fused-ring (bicyclic) bond motifs is 1. The highest BCUT2D eigenvalue weighted by atomic mass is 16.5. The Morgan fingerprint density at radius 3 is 2.71 bits per heavy atom. The zero-order valence-electron chi connectivity index (χ0n) is 16.1. The van der Waals surface area contributed by atoms with Gasteiger partial charge in [0.05, 0.1) is 19.8 Å². The van der Waals surface area contributed by atoms with Crippen LogP contribution in [0.4, 0.5) is 10.6 Å². The van der Waals surface area contributed by atoms with Gasteiger partial charge in [-0.15, -0.1) is 10.2 Å². The van der Waals surface area contributed by atoms with Crippen molar-refractivity contribution in [1.82, 2.24) is 30.4 Å². The number of carbonyl (C=O) groups excluding carboxylic acids is 1. The molecule has 0 unspecified atom stereocenters. The van der Waals surface area contributed by atoms with Crippen LogP contribution < -0.4 is 15.5 Å². The monoisotopic (exact) mass is 385 g/mol. The summed E-state index contributed by atoms with van der Waals surface area (Å²) >= 11 is 0.